The Labute approximate surface area is 204 Å². The van der Waals surface area contributed by atoms with Crippen molar-refractivity contribution in [2.45, 2.75) is 12.2 Å². The Morgan fingerprint density at radius 1 is 0.607 bits per heavy atom. The maximum Gasteiger partial charge on any atom is 1.00 e. The Hall–Kier alpha value is -1.36. The Bertz CT molecular complexity index is 713. The summed E-state index contributed by atoms with van der Waals surface area (Å²) in [5, 5.41) is 35.7. The zero-order chi connectivity index (χ0) is 19.7. The van der Waals surface area contributed by atoms with Crippen molar-refractivity contribution in [3.05, 3.63) is 71.8 Å². The van der Waals surface area contributed by atoms with Crippen LogP contribution in [0.5, 0.6) is 0 Å². The molecule has 2 rings (SSSR count). The van der Waals surface area contributed by atoms with E-state index in [-0.39, 0.29) is 59.1 Å². The molecular formula is C18H14Na2O8. The van der Waals surface area contributed by atoms with Crippen molar-refractivity contribution >= 4 is 23.5 Å². The molecule has 2 N–H and O–H groups in total. The van der Waals surface area contributed by atoms with Gasteiger partial charge in [0, 0.05) is 11.1 Å². The van der Waals surface area contributed by atoms with Gasteiger partial charge in [-0.15, -0.1) is 0 Å². The fraction of sp³-hybridized carbons (Fsp3) is 0.111. The minimum atomic E-state index is -2.44. The number of aliphatic carboxylic acids is 2. The van der Waals surface area contributed by atoms with E-state index in [9.17, 15) is 29.4 Å². The fourth-order valence-electron chi connectivity index (χ4n) is 1.70. The second kappa shape index (κ2) is 14.6. The molecule has 0 aliphatic heterocycles. The Morgan fingerprint density at radius 3 is 1.07 bits per heavy atom. The number of carboxylic acids is 2. The maximum absolute atomic E-state index is 11.8. The summed E-state index contributed by atoms with van der Waals surface area (Å²) >= 11 is 0. The van der Waals surface area contributed by atoms with Gasteiger partial charge in [-0.2, -0.15) is 0 Å². The first kappa shape index (κ1) is 28.8. The molecule has 2 atom stereocenters. The summed E-state index contributed by atoms with van der Waals surface area (Å²) in [6.45, 7) is 0. The molecule has 0 aliphatic rings. The third-order valence-electron chi connectivity index (χ3n) is 3.06. The van der Waals surface area contributed by atoms with Crippen LogP contribution in [-0.4, -0.2) is 45.9 Å². The van der Waals surface area contributed by atoms with Crippen molar-refractivity contribution in [3.63, 3.8) is 0 Å². The largest absolute Gasteiger partial charge is 1.00 e. The average Bonchev–Trinajstić information content (AvgIpc) is 2.67. The summed E-state index contributed by atoms with van der Waals surface area (Å²) in [5.41, 5.74) is 0.854. The van der Waals surface area contributed by atoms with E-state index in [1.807, 2.05) is 12.1 Å². The van der Waals surface area contributed by atoms with Gasteiger partial charge in [0.2, 0.25) is 11.6 Å². The molecule has 0 heterocycles. The van der Waals surface area contributed by atoms with Crippen LogP contribution in [0.1, 0.15) is 20.7 Å². The molecule has 0 fully saturated rings. The number of Topliss-reactive ketones (excluding diaryl/α,β-unsaturated/α-hetero) is 2. The van der Waals surface area contributed by atoms with Gasteiger partial charge in [-0.05, 0) is 0 Å². The van der Waals surface area contributed by atoms with Gasteiger partial charge in [0.25, 0.3) is 0 Å². The van der Waals surface area contributed by atoms with Crippen LogP contribution >= 0.6 is 0 Å². The second-order valence-electron chi connectivity index (χ2n) is 4.92. The summed E-state index contributed by atoms with van der Waals surface area (Å²) < 4.78 is 0. The number of carboxylic acid groups (broad SMARTS) is 2. The van der Waals surface area contributed by atoms with Crippen molar-refractivity contribution in [3.8, 4) is 0 Å². The molecule has 2 aromatic rings. The monoisotopic (exact) mass is 404 g/mol. The molecule has 0 spiro atoms. The summed E-state index contributed by atoms with van der Waals surface area (Å²) in [6, 6.07) is 17.2. The molecule has 2 aromatic carbocycles. The standard InChI is InChI=1S/C14H10O2.C4H6O6.2Na/c15-13(11-7-3-1-4-8-11)14(16)12-9-5-2-6-10-12;5-1(3(7)8)2(6)4(9)10;;/h1-10H;1-2,5-6H,(H,7,8)(H,9,10);;/q;;2*+1/p-2. The van der Waals surface area contributed by atoms with Gasteiger partial charge in [0.1, 0.15) is 12.2 Å². The third kappa shape index (κ3) is 9.22. The predicted octanol–water partition coefficient (Wildman–Crippen LogP) is -8.03. The molecule has 0 saturated carbocycles. The zero-order valence-electron chi connectivity index (χ0n) is 15.3. The van der Waals surface area contributed by atoms with Gasteiger partial charge in [-0.3, -0.25) is 9.59 Å². The van der Waals surface area contributed by atoms with E-state index in [2.05, 4.69) is 0 Å². The normalized spacial score (nSPS) is 11.2. The van der Waals surface area contributed by atoms with E-state index in [4.69, 9.17) is 10.2 Å². The number of aliphatic hydroxyl groups is 2. The van der Waals surface area contributed by atoms with Gasteiger partial charge in [-0.1, -0.05) is 60.7 Å². The maximum atomic E-state index is 11.8. The van der Waals surface area contributed by atoms with E-state index < -0.39 is 35.7 Å². The number of carbonyl (C=O) groups excluding carboxylic acids is 4. The Kier molecular flexibility index (Phi) is 15.1. The van der Waals surface area contributed by atoms with E-state index in [1.54, 1.807) is 48.5 Å². The molecule has 0 amide bonds. The molecule has 28 heavy (non-hydrogen) atoms. The fourth-order valence-corrected chi connectivity index (χ4v) is 1.70. The quantitative estimate of drug-likeness (QED) is 0.273. The van der Waals surface area contributed by atoms with Crippen LogP contribution in [0.15, 0.2) is 60.7 Å². The van der Waals surface area contributed by atoms with Gasteiger partial charge < -0.3 is 30.0 Å². The van der Waals surface area contributed by atoms with Crippen LogP contribution in [0.2, 0.25) is 0 Å². The van der Waals surface area contributed by atoms with E-state index in [1.165, 1.54) is 0 Å². The van der Waals surface area contributed by atoms with Crippen LogP contribution in [0.25, 0.3) is 0 Å². The Morgan fingerprint density at radius 2 is 0.857 bits per heavy atom. The first-order valence-corrected chi connectivity index (χ1v) is 7.22. The first-order chi connectivity index (χ1) is 12.3. The molecule has 0 saturated heterocycles. The molecule has 10 heteroatoms. The van der Waals surface area contributed by atoms with Crippen LogP contribution in [0, 0.1) is 0 Å². The smallest absolute Gasteiger partial charge is 0.547 e. The van der Waals surface area contributed by atoms with Crippen molar-refractivity contribution < 1.29 is 98.7 Å². The Balaban J connectivity index is 0. The predicted molar refractivity (Wildman–Crippen MR) is 83.6 cm³/mol. The number of hydrogen-bond donors (Lipinski definition) is 2. The van der Waals surface area contributed by atoms with E-state index >= 15 is 0 Å². The van der Waals surface area contributed by atoms with E-state index in [0.29, 0.717) is 11.1 Å². The van der Waals surface area contributed by atoms with Crippen molar-refractivity contribution in [2.75, 3.05) is 0 Å². The molecule has 0 aliphatic carbocycles. The van der Waals surface area contributed by atoms with Crippen molar-refractivity contribution in [1.29, 1.82) is 0 Å². The average molecular weight is 404 g/mol. The van der Waals surface area contributed by atoms with Crippen molar-refractivity contribution in [2.24, 2.45) is 0 Å². The zero-order valence-corrected chi connectivity index (χ0v) is 19.3. The van der Waals surface area contributed by atoms with Gasteiger partial charge in [0.15, 0.2) is 0 Å². The first-order valence-electron chi connectivity index (χ1n) is 7.22. The summed E-state index contributed by atoms with van der Waals surface area (Å²) in [5.74, 6) is -5.05. The second-order valence-corrected chi connectivity index (χ2v) is 4.92. The van der Waals surface area contributed by atoms with Crippen LogP contribution in [0.4, 0.5) is 0 Å². The number of ketones is 2. The van der Waals surface area contributed by atoms with Crippen LogP contribution in [-0.2, 0) is 9.59 Å². The number of aliphatic hydroxyl groups excluding tert-OH is 2. The molecule has 0 radical (unpaired) electrons. The number of rotatable bonds is 6. The number of carbonyl (C=O) groups is 4. The number of hydrogen-bond acceptors (Lipinski definition) is 8. The van der Waals surface area contributed by atoms with Crippen LogP contribution in [0.3, 0.4) is 0 Å². The minimum absolute atomic E-state index is 0. The third-order valence-corrected chi connectivity index (χ3v) is 3.06. The van der Waals surface area contributed by atoms with Gasteiger partial charge in [-0.25, -0.2) is 0 Å². The minimum Gasteiger partial charge on any atom is -0.547 e. The molecular weight excluding hydrogens is 390 g/mol. The van der Waals surface area contributed by atoms with Gasteiger partial charge >= 0.3 is 59.1 Å². The summed E-state index contributed by atoms with van der Waals surface area (Å²) in [4.78, 5) is 42.9. The van der Waals surface area contributed by atoms with Crippen LogP contribution < -0.4 is 69.3 Å². The molecule has 0 aromatic heterocycles. The molecule has 136 valence electrons. The SMILES string of the molecule is O=C(C(=O)c1ccccc1)c1ccccc1.O=C([O-])C(O)C(O)C(=O)[O-].[Na+].[Na+]. The summed E-state index contributed by atoms with van der Waals surface area (Å²) in [7, 11) is 0. The molecule has 0 bridgehead atoms. The number of benzene rings is 2. The van der Waals surface area contributed by atoms with Gasteiger partial charge in [0.05, 0.1) is 11.9 Å². The molecule has 2 unspecified atom stereocenters. The topological polar surface area (TPSA) is 155 Å². The van der Waals surface area contributed by atoms with E-state index in [0.717, 1.165) is 0 Å². The summed E-state index contributed by atoms with van der Waals surface area (Å²) in [6.07, 6.45) is -4.88. The van der Waals surface area contributed by atoms with Crippen molar-refractivity contribution in [1.82, 2.24) is 0 Å². The molecule has 8 nitrogen and oxygen atoms in total.